The van der Waals surface area contributed by atoms with Crippen molar-refractivity contribution in [1.82, 2.24) is 15.5 Å². The lowest BCUT2D eigenvalue weighted by atomic mass is 10.0. The molecule has 2 aliphatic heterocycles. The number of rotatable bonds is 7. The monoisotopic (exact) mass is 357 g/mol. The molecule has 2 heterocycles. The zero-order valence-corrected chi connectivity index (χ0v) is 15.6. The fourth-order valence-electron chi connectivity index (χ4n) is 3.48. The summed E-state index contributed by atoms with van der Waals surface area (Å²) < 4.78 is 10.8. The third kappa shape index (κ3) is 4.19. The molecule has 0 bridgehead atoms. The molecule has 0 aromatic heterocycles. The minimum Gasteiger partial charge on any atom is -0.454 e. The molecule has 140 valence electrons. The van der Waals surface area contributed by atoms with E-state index in [4.69, 9.17) is 9.47 Å². The standard InChI is InChI=1S/C20H27N3O3/c1-4-23(15(3)22-20(24)17-6-5-9-21-12-17)14(2)10-16-7-8-18-19(11-16)26-13-25-18/h5,7-9,11-12,14-15,21H,4,6,10,13H2,1-3H3,(H,22,24). The molecule has 0 saturated carbocycles. The second-order valence-electron chi connectivity index (χ2n) is 6.66. The summed E-state index contributed by atoms with van der Waals surface area (Å²) in [6, 6.07) is 6.35. The van der Waals surface area contributed by atoms with E-state index in [-0.39, 0.29) is 18.1 Å². The molecule has 2 atom stereocenters. The van der Waals surface area contributed by atoms with Crippen LogP contribution in [0.4, 0.5) is 0 Å². The Morgan fingerprint density at radius 2 is 2.12 bits per heavy atom. The second-order valence-corrected chi connectivity index (χ2v) is 6.66. The summed E-state index contributed by atoms with van der Waals surface area (Å²) in [4.78, 5) is 14.7. The Morgan fingerprint density at radius 3 is 2.85 bits per heavy atom. The zero-order valence-electron chi connectivity index (χ0n) is 15.6. The fourth-order valence-corrected chi connectivity index (χ4v) is 3.48. The first kappa shape index (κ1) is 18.3. The predicted molar refractivity (Wildman–Crippen MR) is 101 cm³/mol. The molecular formula is C20H27N3O3. The second kappa shape index (κ2) is 8.27. The summed E-state index contributed by atoms with van der Waals surface area (Å²) in [6.07, 6.45) is 7.02. The van der Waals surface area contributed by atoms with Gasteiger partial charge in [-0.3, -0.25) is 9.69 Å². The Kier molecular flexibility index (Phi) is 5.83. The maximum Gasteiger partial charge on any atom is 0.250 e. The minimum atomic E-state index is -0.0525. The highest BCUT2D eigenvalue weighted by molar-refractivity contribution is 5.93. The Hall–Kier alpha value is -2.47. The number of benzene rings is 1. The Labute approximate surface area is 154 Å². The quantitative estimate of drug-likeness (QED) is 0.734. The van der Waals surface area contributed by atoms with E-state index in [2.05, 4.69) is 35.4 Å². The lowest BCUT2D eigenvalue weighted by Gasteiger charge is -2.34. The third-order valence-corrected chi connectivity index (χ3v) is 4.84. The summed E-state index contributed by atoms with van der Waals surface area (Å²) in [7, 11) is 0. The van der Waals surface area contributed by atoms with Gasteiger partial charge in [0.05, 0.1) is 6.17 Å². The maximum atomic E-state index is 12.4. The van der Waals surface area contributed by atoms with Crippen LogP contribution in [0.3, 0.4) is 0 Å². The topological polar surface area (TPSA) is 62.8 Å². The van der Waals surface area contributed by atoms with E-state index in [1.54, 1.807) is 6.20 Å². The number of carbonyl (C=O) groups is 1. The van der Waals surface area contributed by atoms with Crippen LogP contribution in [0.25, 0.3) is 0 Å². The van der Waals surface area contributed by atoms with Gasteiger partial charge in [0.25, 0.3) is 0 Å². The van der Waals surface area contributed by atoms with Gasteiger partial charge in [0, 0.05) is 17.8 Å². The first-order valence-electron chi connectivity index (χ1n) is 9.13. The number of hydrogen-bond donors (Lipinski definition) is 2. The highest BCUT2D eigenvalue weighted by Crippen LogP contribution is 2.33. The first-order valence-corrected chi connectivity index (χ1v) is 9.13. The molecule has 2 aliphatic rings. The molecule has 3 rings (SSSR count). The Balaban J connectivity index is 1.59. The van der Waals surface area contributed by atoms with Gasteiger partial charge in [-0.25, -0.2) is 0 Å². The van der Waals surface area contributed by atoms with Crippen LogP contribution in [-0.2, 0) is 11.2 Å². The van der Waals surface area contributed by atoms with E-state index < -0.39 is 0 Å². The molecule has 1 aromatic carbocycles. The van der Waals surface area contributed by atoms with Gasteiger partial charge in [0.1, 0.15) is 0 Å². The van der Waals surface area contributed by atoms with Crippen molar-refractivity contribution in [3.8, 4) is 11.5 Å². The largest absolute Gasteiger partial charge is 0.454 e. The van der Waals surface area contributed by atoms with Gasteiger partial charge in [0.15, 0.2) is 11.5 Å². The molecule has 6 nitrogen and oxygen atoms in total. The molecular weight excluding hydrogens is 330 g/mol. The summed E-state index contributed by atoms with van der Waals surface area (Å²) >= 11 is 0. The van der Waals surface area contributed by atoms with Crippen molar-refractivity contribution in [3.63, 3.8) is 0 Å². The number of dihydropyridines is 1. The molecule has 0 aliphatic carbocycles. The average Bonchev–Trinajstić information content (AvgIpc) is 3.10. The molecule has 1 aromatic rings. The SMILES string of the molecule is CCN(C(C)Cc1ccc2c(c1)OCO2)C(C)NC(=O)C1=CNC=CC1. The van der Waals surface area contributed by atoms with E-state index in [1.165, 1.54) is 5.56 Å². The molecule has 26 heavy (non-hydrogen) atoms. The van der Waals surface area contributed by atoms with Gasteiger partial charge < -0.3 is 20.1 Å². The van der Waals surface area contributed by atoms with Crippen LogP contribution in [0, 0.1) is 0 Å². The highest BCUT2D eigenvalue weighted by Gasteiger charge is 2.22. The number of allylic oxidation sites excluding steroid dienone is 1. The van der Waals surface area contributed by atoms with Crippen LogP contribution < -0.4 is 20.1 Å². The van der Waals surface area contributed by atoms with E-state index in [1.807, 2.05) is 31.3 Å². The summed E-state index contributed by atoms with van der Waals surface area (Å²) in [5.74, 6) is 1.59. The fraction of sp³-hybridized carbons (Fsp3) is 0.450. The molecule has 0 saturated heterocycles. The molecule has 0 spiro atoms. The van der Waals surface area contributed by atoms with Gasteiger partial charge in [-0.2, -0.15) is 0 Å². The van der Waals surface area contributed by atoms with Crippen molar-refractivity contribution >= 4 is 5.91 Å². The molecule has 6 heteroatoms. The van der Waals surface area contributed by atoms with Crippen molar-refractivity contribution in [1.29, 1.82) is 0 Å². The van der Waals surface area contributed by atoms with Gasteiger partial charge in [0.2, 0.25) is 12.7 Å². The van der Waals surface area contributed by atoms with Crippen molar-refractivity contribution in [2.24, 2.45) is 0 Å². The molecule has 0 radical (unpaired) electrons. The number of hydrogen-bond acceptors (Lipinski definition) is 5. The van der Waals surface area contributed by atoms with Crippen LogP contribution in [0.15, 0.2) is 42.2 Å². The number of nitrogens with one attached hydrogen (secondary N) is 2. The van der Waals surface area contributed by atoms with Crippen LogP contribution in [0.2, 0.25) is 0 Å². The number of likely N-dealkylation sites (N-methyl/N-ethyl adjacent to an activating group) is 1. The number of amides is 1. The molecule has 2 unspecified atom stereocenters. The first-order chi connectivity index (χ1) is 12.6. The lowest BCUT2D eigenvalue weighted by Crippen LogP contribution is -2.51. The van der Waals surface area contributed by atoms with E-state index in [0.29, 0.717) is 13.2 Å². The Morgan fingerprint density at radius 1 is 1.31 bits per heavy atom. The van der Waals surface area contributed by atoms with Crippen LogP contribution in [-0.4, -0.2) is 36.4 Å². The maximum absolute atomic E-state index is 12.4. The van der Waals surface area contributed by atoms with Crippen molar-refractivity contribution < 1.29 is 14.3 Å². The number of fused-ring (bicyclic) bond motifs is 1. The minimum absolute atomic E-state index is 0.0249. The van der Waals surface area contributed by atoms with Crippen LogP contribution in [0.5, 0.6) is 11.5 Å². The number of ether oxygens (including phenoxy) is 2. The zero-order chi connectivity index (χ0) is 18.5. The van der Waals surface area contributed by atoms with E-state index >= 15 is 0 Å². The summed E-state index contributed by atoms with van der Waals surface area (Å²) in [5.41, 5.74) is 1.95. The molecule has 0 fully saturated rings. The van der Waals surface area contributed by atoms with Crippen molar-refractivity contribution in [3.05, 3.63) is 47.8 Å². The predicted octanol–water partition coefficient (Wildman–Crippen LogP) is 2.52. The van der Waals surface area contributed by atoms with Gasteiger partial charge in [-0.1, -0.05) is 19.1 Å². The lowest BCUT2D eigenvalue weighted by molar-refractivity contribution is -0.119. The van der Waals surface area contributed by atoms with Crippen LogP contribution in [0.1, 0.15) is 32.8 Å². The molecule has 1 amide bonds. The summed E-state index contributed by atoms with van der Waals surface area (Å²) in [5, 5.41) is 6.08. The number of carbonyl (C=O) groups excluding carboxylic acids is 1. The van der Waals surface area contributed by atoms with Crippen molar-refractivity contribution in [2.75, 3.05) is 13.3 Å². The van der Waals surface area contributed by atoms with Gasteiger partial charge in [-0.15, -0.1) is 0 Å². The average molecular weight is 357 g/mol. The van der Waals surface area contributed by atoms with E-state index in [9.17, 15) is 4.79 Å². The van der Waals surface area contributed by atoms with Crippen molar-refractivity contribution in [2.45, 2.75) is 45.8 Å². The normalized spacial score (nSPS) is 17.5. The number of nitrogens with zero attached hydrogens (tertiary/aromatic N) is 1. The highest BCUT2D eigenvalue weighted by atomic mass is 16.7. The summed E-state index contributed by atoms with van der Waals surface area (Å²) in [6.45, 7) is 7.47. The molecule has 2 N–H and O–H groups in total. The third-order valence-electron chi connectivity index (χ3n) is 4.84. The smallest absolute Gasteiger partial charge is 0.250 e. The Bertz CT molecular complexity index is 714. The van der Waals surface area contributed by atoms with E-state index in [0.717, 1.165) is 30.0 Å². The van der Waals surface area contributed by atoms with Gasteiger partial charge in [-0.05, 0) is 57.1 Å². The van der Waals surface area contributed by atoms with Crippen LogP contribution >= 0.6 is 0 Å². The van der Waals surface area contributed by atoms with Gasteiger partial charge >= 0.3 is 0 Å².